The smallest absolute Gasteiger partial charge is 0.433 e. The lowest BCUT2D eigenvalue weighted by molar-refractivity contribution is -0.147. The maximum atomic E-state index is 12.9. The summed E-state index contributed by atoms with van der Waals surface area (Å²) in [5.74, 6) is -0.957. The van der Waals surface area contributed by atoms with E-state index in [4.69, 9.17) is 0 Å². The molecule has 0 bridgehead atoms. The topological polar surface area (TPSA) is 87.5 Å². The van der Waals surface area contributed by atoms with E-state index in [1.54, 1.807) is 6.92 Å². The van der Waals surface area contributed by atoms with Gasteiger partial charge in [-0.15, -0.1) is 0 Å². The van der Waals surface area contributed by atoms with Gasteiger partial charge >= 0.3 is 18.2 Å². The number of carbonyl (C=O) groups excluding carboxylic acids is 1. The van der Waals surface area contributed by atoms with Crippen LogP contribution < -0.4 is 5.32 Å². The summed E-state index contributed by atoms with van der Waals surface area (Å²) in [4.78, 5) is 24.9. The zero-order chi connectivity index (χ0) is 19.8. The second-order valence-electron chi connectivity index (χ2n) is 6.64. The number of rotatable bonds is 3. The van der Waals surface area contributed by atoms with Gasteiger partial charge < -0.3 is 15.3 Å². The number of likely N-dealkylation sites (tertiary alicyclic amines) is 1. The van der Waals surface area contributed by atoms with Crippen LogP contribution in [0.3, 0.4) is 0 Å². The molecule has 2 amide bonds. The van der Waals surface area contributed by atoms with Gasteiger partial charge in [0.15, 0.2) is 0 Å². The molecule has 10 heteroatoms. The number of nitrogens with one attached hydrogen (secondary N) is 1. The number of carbonyl (C=O) groups is 2. The van der Waals surface area contributed by atoms with Crippen LogP contribution in [0.4, 0.5) is 23.7 Å². The lowest BCUT2D eigenvalue weighted by atomic mass is 9.90. The molecule has 27 heavy (non-hydrogen) atoms. The van der Waals surface area contributed by atoms with Gasteiger partial charge in [-0.1, -0.05) is 0 Å². The van der Waals surface area contributed by atoms with Crippen molar-refractivity contribution in [3.63, 3.8) is 0 Å². The molecule has 1 fully saturated rings. The van der Waals surface area contributed by atoms with E-state index in [9.17, 15) is 27.9 Å². The Labute approximate surface area is 152 Å². The number of hydrogen-bond acceptors (Lipinski definition) is 3. The van der Waals surface area contributed by atoms with Gasteiger partial charge in [-0.3, -0.25) is 4.79 Å². The van der Waals surface area contributed by atoms with Crippen molar-refractivity contribution in [2.45, 2.75) is 19.5 Å². The van der Waals surface area contributed by atoms with Crippen LogP contribution in [0.5, 0.6) is 0 Å². The number of amides is 2. The van der Waals surface area contributed by atoms with E-state index < -0.39 is 29.3 Å². The predicted molar refractivity (Wildman–Crippen MR) is 89.5 cm³/mol. The van der Waals surface area contributed by atoms with Gasteiger partial charge in [0.2, 0.25) is 0 Å². The van der Waals surface area contributed by atoms with Crippen molar-refractivity contribution in [1.82, 2.24) is 14.7 Å². The molecule has 1 atom stereocenters. The van der Waals surface area contributed by atoms with Crippen molar-refractivity contribution < 1.29 is 27.9 Å². The molecule has 1 unspecified atom stereocenters. The first-order valence-electron chi connectivity index (χ1n) is 8.11. The van der Waals surface area contributed by atoms with Gasteiger partial charge in [-0.25, -0.2) is 9.48 Å². The summed E-state index contributed by atoms with van der Waals surface area (Å²) in [6.07, 6.45) is -3.12. The van der Waals surface area contributed by atoms with Gasteiger partial charge in [0.05, 0.1) is 17.3 Å². The Morgan fingerprint density at radius 1 is 1.22 bits per heavy atom. The van der Waals surface area contributed by atoms with Gasteiger partial charge in [0.1, 0.15) is 5.69 Å². The van der Waals surface area contributed by atoms with Crippen LogP contribution in [0.1, 0.15) is 19.0 Å². The van der Waals surface area contributed by atoms with Crippen LogP contribution in [0.25, 0.3) is 5.69 Å². The Bertz CT molecular complexity index is 863. The molecule has 2 aromatic rings. The van der Waals surface area contributed by atoms with Crippen molar-refractivity contribution in [3.05, 3.63) is 42.2 Å². The fraction of sp³-hybridized carbons (Fsp3) is 0.353. The highest BCUT2D eigenvalue weighted by molar-refractivity contribution is 5.90. The monoisotopic (exact) mass is 382 g/mol. The number of alkyl halides is 3. The fourth-order valence-corrected chi connectivity index (χ4v) is 2.92. The molecule has 7 nitrogen and oxygen atoms in total. The summed E-state index contributed by atoms with van der Waals surface area (Å²) in [6, 6.07) is 6.15. The molecule has 1 aliphatic heterocycles. The average molecular weight is 382 g/mol. The van der Waals surface area contributed by atoms with Crippen LogP contribution in [0.2, 0.25) is 0 Å². The molecule has 144 valence electrons. The molecule has 2 heterocycles. The number of anilines is 1. The van der Waals surface area contributed by atoms with Crippen molar-refractivity contribution in [2.24, 2.45) is 5.41 Å². The third kappa shape index (κ3) is 3.74. The number of aliphatic carboxylic acids is 1. The molecule has 0 spiro atoms. The fourth-order valence-electron chi connectivity index (χ4n) is 2.92. The molecule has 1 aliphatic rings. The largest absolute Gasteiger partial charge is 0.481 e. The van der Waals surface area contributed by atoms with Crippen LogP contribution in [0, 0.1) is 5.41 Å². The zero-order valence-electron chi connectivity index (χ0n) is 14.3. The van der Waals surface area contributed by atoms with Crippen molar-refractivity contribution >= 4 is 17.7 Å². The van der Waals surface area contributed by atoms with Crippen LogP contribution >= 0.6 is 0 Å². The highest BCUT2D eigenvalue weighted by atomic mass is 19.4. The Kier molecular flexibility index (Phi) is 4.58. The number of nitrogens with zero attached hydrogens (tertiary/aromatic N) is 3. The molecule has 0 radical (unpaired) electrons. The maximum absolute atomic E-state index is 12.9. The predicted octanol–water partition coefficient (Wildman–Crippen LogP) is 3.22. The van der Waals surface area contributed by atoms with Gasteiger partial charge in [-0.2, -0.15) is 18.3 Å². The first-order valence-corrected chi connectivity index (χ1v) is 8.11. The van der Waals surface area contributed by atoms with Crippen molar-refractivity contribution in [2.75, 3.05) is 18.4 Å². The number of carboxylic acid groups (broad SMARTS) is 1. The third-order valence-electron chi connectivity index (χ3n) is 4.57. The Balaban J connectivity index is 1.69. The number of urea groups is 1. The number of aromatic nitrogens is 2. The Morgan fingerprint density at radius 2 is 1.89 bits per heavy atom. The second-order valence-corrected chi connectivity index (χ2v) is 6.64. The first-order chi connectivity index (χ1) is 12.6. The summed E-state index contributed by atoms with van der Waals surface area (Å²) < 4.78 is 39.6. The van der Waals surface area contributed by atoms with Gasteiger partial charge in [0.25, 0.3) is 0 Å². The van der Waals surface area contributed by atoms with Gasteiger partial charge in [0, 0.05) is 18.8 Å². The van der Waals surface area contributed by atoms with E-state index in [0.717, 1.165) is 16.9 Å². The summed E-state index contributed by atoms with van der Waals surface area (Å²) >= 11 is 0. The summed E-state index contributed by atoms with van der Waals surface area (Å²) in [5, 5.41) is 15.5. The summed E-state index contributed by atoms with van der Waals surface area (Å²) in [6.45, 7) is 1.99. The maximum Gasteiger partial charge on any atom is 0.433 e. The SMILES string of the molecule is CC1(C(=O)O)CCN(C(=O)Nc2ccc(-n3nccc3C(F)(F)F)cc2)C1. The normalized spacial score (nSPS) is 19.9. The van der Waals surface area contributed by atoms with Crippen molar-refractivity contribution in [3.8, 4) is 5.69 Å². The number of carboxylic acids is 1. The highest BCUT2D eigenvalue weighted by Gasteiger charge is 2.42. The lowest BCUT2D eigenvalue weighted by Crippen LogP contribution is -2.37. The molecule has 3 rings (SSSR count). The molecule has 1 aromatic heterocycles. The van der Waals surface area contributed by atoms with Crippen LogP contribution in [0.15, 0.2) is 36.5 Å². The molecule has 0 aliphatic carbocycles. The summed E-state index contributed by atoms with van der Waals surface area (Å²) in [5.41, 5.74) is -1.29. The molecule has 0 saturated carbocycles. The Morgan fingerprint density at radius 3 is 2.44 bits per heavy atom. The quantitative estimate of drug-likeness (QED) is 0.853. The minimum atomic E-state index is -4.53. The van der Waals surface area contributed by atoms with E-state index in [2.05, 4.69) is 10.4 Å². The Hall–Kier alpha value is -3.04. The highest BCUT2D eigenvalue weighted by Crippen LogP contribution is 2.32. The average Bonchev–Trinajstić information content (AvgIpc) is 3.23. The van der Waals surface area contributed by atoms with Crippen LogP contribution in [-0.4, -0.2) is 44.9 Å². The second kappa shape index (κ2) is 6.60. The van der Waals surface area contributed by atoms with E-state index >= 15 is 0 Å². The first kappa shape index (κ1) is 18.7. The zero-order valence-corrected chi connectivity index (χ0v) is 14.3. The minimum Gasteiger partial charge on any atom is -0.481 e. The van der Waals surface area contributed by atoms with E-state index in [-0.39, 0.29) is 12.2 Å². The number of benzene rings is 1. The standard InChI is InChI=1S/C17H17F3N4O3/c1-16(14(25)26)7-9-23(10-16)15(27)22-11-2-4-12(5-3-11)24-13(6-8-21-24)17(18,19)20/h2-6,8H,7,9-10H2,1H3,(H,22,27)(H,25,26). The molecule has 1 aromatic carbocycles. The van der Waals surface area contributed by atoms with Crippen molar-refractivity contribution in [1.29, 1.82) is 0 Å². The van der Waals surface area contributed by atoms with E-state index in [1.165, 1.54) is 29.2 Å². The number of hydrogen-bond donors (Lipinski definition) is 2. The van der Waals surface area contributed by atoms with E-state index in [0.29, 0.717) is 18.7 Å². The third-order valence-corrected chi connectivity index (χ3v) is 4.57. The molecule has 1 saturated heterocycles. The minimum absolute atomic E-state index is 0.0917. The molecular weight excluding hydrogens is 365 g/mol. The summed E-state index contributed by atoms with van der Waals surface area (Å²) in [7, 11) is 0. The van der Waals surface area contributed by atoms with Crippen LogP contribution in [-0.2, 0) is 11.0 Å². The lowest BCUT2D eigenvalue weighted by Gasteiger charge is -2.20. The molecule has 2 N–H and O–H groups in total. The van der Waals surface area contributed by atoms with Gasteiger partial charge in [-0.05, 0) is 43.7 Å². The molecular formula is C17H17F3N4O3. The van der Waals surface area contributed by atoms with E-state index in [1.807, 2.05) is 0 Å². The number of halogens is 3.